The number of carbonyl (C=O) groups is 1. The largest absolute Gasteiger partial charge is 0.444 e. The van der Waals surface area contributed by atoms with E-state index >= 15 is 0 Å². The molecule has 10 heteroatoms. The average Bonchev–Trinajstić information content (AvgIpc) is 3.41. The first-order valence-electron chi connectivity index (χ1n) is 16.4. The van der Waals surface area contributed by atoms with Crippen LogP contribution in [0.4, 0.5) is 29.3 Å². The molecule has 0 unspecified atom stereocenters. The van der Waals surface area contributed by atoms with Crippen molar-refractivity contribution in [3.05, 3.63) is 83.6 Å². The molecule has 6 rings (SSSR count). The number of hydrogen-bond donors (Lipinski definition) is 2. The molecular formula is C37H44F3N5O2. The van der Waals surface area contributed by atoms with Gasteiger partial charge in [0.2, 0.25) is 0 Å². The molecule has 0 atom stereocenters. The van der Waals surface area contributed by atoms with Crippen LogP contribution < -0.4 is 10.6 Å². The number of aromatic nitrogens is 1. The van der Waals surface area contributed by atoms with Crippen molar-refractivity contribution in [2.24, 2.45) is 0 Å². The van der Waals surface area contributed by atoms with Crippen molar-refractivity contribution in [2.75, 3.05) is 37.3 Å². The molecule has 250 valence electrons. The Labute approximate surface area is 274 Å². The quantitative estimate of drug-likeness (QED) is 0.212. The first kappa shape index (κ1) is 32.7. The first-order valence-corrected chi connectivity index (χ1v) is 16.4. The van der Waals surface area contributed by atoms with Crippen LogP contribution in [0.1, 0.15) is 50.3 Å². The number of nitrogens with zero attached hydrogens (tertiary/aromatic N) is 3. The van der Waals surface area contributed by atoms with Gasteiger partial charge in [0, 0.05) is 48.6 Å². The van der Waals surface area contributed by atoms with Gasteiger partial charge in [-0.15, -0.1) is 0 Å². The lowest BCUT2D eigenvalue weighted by atomic mass is 9.99. The van der Waals surface area contributed by atoms with Gasteiger partial charge in [-0.05, 0) is 118 Å². The predicted molar refractivity (Wildman–Crippen MR) is 182 cm³/mol. The predicted octanol–water partition coefficient (Wildman–Crippen LogP) is 8.28. The summed E-state index contributed by atoms with van der Waals surface area (Å²) in [5, 5.41) is 7.98. The molecule has 3 heterocycles. The zero-order valence-electron chi connectivity index (χ0n) is 27.6. The van der Waals surface area contributed by atoms with Crippen LogP contribution >= 0.6 is 0 Å². The summed E-state index contributed by atoms with van der Waals surface area (Å²) in [6, 6.07) is 20.4. The summed E-state index contributed by atoms with van der Waals surface area (Å²) >= 11 is 0. The summed E-state index contributed by atoms with van der Waals surface area (Å²) in [4.78, 5) is 16.6. The third kappa shape index (κ3) is 8.22. The molecule has 7 nitrogen and oxygen atoms in total. The highest BCUT2D eigenvalue weighted by Gasteiger charge is 2.29. The number of alkyl halides is 3. The van der Waals surface area contributed by atoms with Crippen molar-refractivity contribution < 1.29 is 22.7 Å². The minimum absolute atomic E-state index is 0.275. The van der Waals surface area contributed by atoms with Gasteiger partial charge in [0.15, 0.2) is 0 Å². The van der Waals surface area contributed by atoms with Gasteiger partial charge < -0.3 is 29.7 Å². The van der Waals surface area contributed by atoms with E-state index in [1.165, 1.54) is 16.3 Å². The van der Waals surface area contributed by atoms with Crippen LogP contribution in [-0.4, -0.2) is 65.0 Å². The molecule has 47 heavy (non-hydrogen) atoms. The van der Waals surface area contributed by atoms with Crippen LogP contribution in [0.5, 0.6) is 0 Å². The van der Waals surface area contributed by atoms with Gasteiger partial charge in [0.1, 0.15) is 12.1 Å². The lowest BCUT2D eigenvalue weighted by Gasteiger charge is -2.31. The molecule has 0 aliphatic carbocycles. The summed E-state index contributed by atoms with van der Waals surface area (Å²) in [6.07, 6.45) is -0.312. The monoisotopic (exact) mass is 647 g/mol. The van der Waals surface area contributed by atoms with E-state index in [2.05, 4.69) is 52.9 Å². The summed E-state index contributed by atoms with van der Waals surface area (Å²) in [5.41, 5.74) is 7.21. The molecule has 0 saturated carbocycles. The number of nitrogens with one attached hydrogen (secondary N) is 2. The topological polar surface area (TPSA) is 61.8 Å². The highest BCUT2D eigenvalue weighted by Crippen LogP contribution is 2.35. The maximum atomic E-state index is 13.4. The van der Waals surface area contributed by atoms with E-state index in [1.54, 1.807) is 11.0 Å². The van der Waals surface area contributed by atoms with Gasteiger partial charge in [0.25, 0.3) is 0 Å². The number of benzene rings is 3. The van der Waals surface area contributed by atoms with Crippen molar-refractivity contribution in [1.82, 2.24) is 14.4 Å². The molecular weight excluding hydrogens is 603 g/mol. The normalized spacial score (nSPS) is 16.3. The Morgan fingerprint density at radius 2 is 1.66 bits per heavy atom. The van der Waals surface area contributed by atoms with Crippen molar-refractivity contribution in [3.8, 4) is 11.1 Å². The van der Waals surface area contributed by atoms with Crippen molar-refractivity contribution in [3.63, 3.8) is 0 Å². The highest BCUT2D eigenvalue weighted by atomic mass is 19.4. The third-order valence-electron chi connectivity index (χ3n) is 8.97. The lowest BCUT2D eigenvalue weighted by Crippen LogP contribution is -2.39. The van der Waals surface area contributed by atoms with Crippen molar-refractivity contribution in [2.45, 2.75) is 77.5 Å². The third-order valence-corrected chi connectivity index (χ3v) is 8.97. The number of ether oxygens (including phenoxy) is 1. The van der Waals surface area contributed by atoms with Gasteiger partial charge in [-0.25, -0.2) is 4.79 Å². The fourth-order valence-electron chi connectivity index (χ4n) is 6.45. The molecule has 1 fully saturated rings. The molecule has 0 bridgehead atoms. The Bertz CT molecular complexity index is 1720. The van der Waals surface area contributed by atoms with Gasteiger partial charge in [0.05, 0.1) is 5.52 Å². The van der Waals surface area contributed by atoms with E-state index < -0.39 is 18.3 Å². The van der Waals surface area contributed by atoms with Gasteiger partial charge in [-0.3, -0.25) is 0 Å². The van der Waals surface area contributed by atoms with Crippen LogP contribution in [0, 0.1) is 0 Å². The molecule has 2 N–H and O–H groups in total. The molecule has 0 spiro atoms. The average molecular weight is 648 g/mol. The van der Waals surface area contributed by atoms with E-state index in [-0.39, 0.29) is 12.1 Å². The Balaban J connectivity index is 1.15. The number of rotatable bonds is 7. The summed E-state index contributed by atoms with van der Waals surface area (Å²) in [6.45, 7) is 8.36. The Kier molecular flexibility index (Phi) is 9.16. The van der Waals surface area contributed by atoms with E-state index in [0.29, 0.717) is 25.2 Å². The molecule has 1 aromatic heterocycles. The molecule has 4 aromatic rings. The second-order valence-electron chi connectivity index (χ2n) is 13.9. The summed E-state index contributed by atoms with van der Waals surface area (Å²) < 4.78 is 47.1. The fraction of sp³-hybridized carbons (Fsp3) is 0.432. The zero-order chi connectivity index (χ0) is 33.3. The van der Waals surface area contributed by atoms with Crippen molar-refractivity contribution in [1.29, 1.82) is 0 Å². The van der Waals surface area contributed by atoms with E-state index in [9.17, 15) is 18.0 Å². The van der Waals surface area contributed by atoms with E-state index in [4.69, 9.17) is 4.74 Å². The number of halogens is 3. The SMILES string of the molecule is CN1CCC(Nc2cc(-c3ccc(CNc4ccc5c(c4)CCN(C(=O)OC(C)(C)C)C5)cc3)cc3c2ccn3CC(F)(F)F)CC1. The molecule has 2 aliphatic rings. The minimum atomic E-state index is -4.31. The smallest absolute Gasteiger partial charge is 0.410 e. The van der Waals surface area contributed by atoms with Crippen LogP contribution in [0.15, 0.2) is 66.9 Å². The molecule has 3 aromatic carbocycles. The van der Waals surface area contributed by atoms with Crippen LogP contribution in [0.2, 0.25) is 0 Å². The number of fused-ring (bicyclic) bond motifs is 2. The maximum Gasteiger partial charge on any atom is 0.410 e. The number of carbonyl (C=O) groups excluding carboxylic acids is 1. The van der Waals surface area contributed by atoms with Crippen molar-refractivity contribution >= 4 is 28.4 Å². The standard InChI is InChI=1S/C37H44F3N5O2/c1-36(2,3)47-35(46)44-17-11-27-19-31(10-9-28(27)23-44)41-22-25-5-7-26(8-6-25)29-20-33(42-30-12-15-43(4)16-13-30)32-14-18-45(34(32)21-29)24-37(38,39)40/h5-10,14,18-21,30,41-42H,11-13,15-17,22-24H2,1-4H3. The van der Waals surface area contributed by atoms with Crippen LogP contribution in [0.25, 0.3) is 22.0 Å². The second-order valence-corrected chi connectivity index (χ2v) is 13.9. The second kappa shape index (κ2) is 13.1. The number of hydrogen-bond acceptors (Lipinski definition) is 5. The minimum Gasteiger partial charge on any atom is -0.444 e. The molecule has 2 aliphatic heterocycles. The Hall–Kier alpha value is -4.18. The number of amides is 1. The Morgan fingerprint density at radius 1 is 0.915 bits per heavy atom. The van der Waals surface area contributed by atoms with Crippen LogP contribution in [-0.2, 0) is 30.8 Å². The van der Waals surface area contributed by atoms with Crippen LogP contribution in [0.3, 0.4) is 0 Å². The van der Waals surface area contributed by atoms with E-state index in [1.807, 2.05) is 45.0 Å². The summed E-state index contributed by atoms with van der Waals surface area (Å²) in [5.74, 6) is 0. The lowest BCUT2D eigenvalue weighted by molar-refractivity contribution is -0.139. The molecule has 1 saturated heterocycles. The van der Waals surface area contributed by atoms with Gasteiger partial charge in [-0.1, -0.05) is 30.3 Å². The van der Waals surface area contributed by atoms with Gasteiger partial charge in [-0.2, -0.15) is 13.2 Å². The molecule has 0 radical (unpaired) electrons. The maximum absolute atomic E-state index is 13.4. The number of anilines is 2. The number of likely N-dealkylation sites (tertiary alicyclic amines) is 1. The number of piperidine rings is 1. The highest BCUT2D eigenvalue weighted by molar-refractivity contribution is 5.96. The van der Waals surface area contributed by atoms with E-state index in [0.717, 1.165) is 71.4 Å². The summed E-state index contributed by atoms with van der Waals surface area (Å²) in [7, 11) is 2.11. The van der Waals surface area contributed by atoms with Gasteiger partial charge >= 0.3 is 12.3 Å². The fourth-order valence-corrected chi connectivity index (χ4v) is 6.45. The molecule has 1 amide bonds. The Morgan fingerprint density at radius 3 is 2.36 bits per heavy atom. The first-order chi connectivity index (χ1) is 22.3. The zero-order valence-corrected chi connectivity index (χ0v) is 27.6.